The van der Waals surface area contributed by atoms with Crippen LogP contribution < -0.4 is 5.56 Å². The van der Waals surface area contributed by atoms with Crippen molar-refractivity contribution in [2.24, 2.45) is 0 Å². The monoisotopic (exact) mass is 178 g/mol. The third-order valence-corrected chi connectivity index (χ3v) is 1.74. The summed E-state index contributed by atoms with van der Waals surface area (Å²) in [5.41, 5.74) is 0.231. The summed E-state index contributed by atoms with van der Waals surface area (Å²) < 4.78 is 1.25. The number of pyridine rings is 1. The molecule has 13 heavy (non-hydrogen) atoms. The molecule has 0 amide bonds. The smallest absolute Gasteiger partial charge is 0.353 e. The lowest BCUT2D eigenvalue weighted by Gasteiger charge is -1.86. The van der Waals surface area contributed by atoms with Crippen LogP contribution in [-0.2, 0) is 0 Å². The molecule has 0 unspecified atom stereocenters. The quantitative estimate of drug-likeness (QED) is 0.660. The highest BCUT2D eigenvalue weighted by molar-refractivity contribution is 5.86. The van der Waals surface area contributed by atoms with Crippen molar-refractivity contribution in [3.8, 4) is 0 Å². The third-order valence-electron chi connectivity index (χ3n) is 1.74. The van der Waals surface area contributed by atoms with E-state index in [-0.39, 0.29) is 11.3 Å². The van der Waals surface area contributed by atoms with Gasteiger partial charge in [-0.25, -0.2) is 4.79 Å². The van der Waals surface area contributed by atoms with E-state index in [1.54, 1.807) is 12.1 Å². The van der Waals surface area contributed by atoms with Gasteiger partial charge in [-0.15, -0.1) is 0 Å². The van der Waals surface area contributed by atoms with Crippen LogP contribution >= 0.6 is 0 Å². The first-order valence-electron chi connectivity index (χ1n) is 3.62. The van der Waals surface area contributed by atoms with E-state index in [1.807, 2.05) is 0 Å². The zero-order valence-electron chi connectivity index (χ0n) is 6.52. The lowest BCUT2D eigenvalue weighted by molar-refractivity contribution is 0.0691. The van der Waals surface area contributed by atoms with Gasteiger partial charge in [0.05, 0.1) is 0 Å². The van der Waals surface area contributed by atoms with Crippen molar-refractivity contribution in [1.29, 1.82) is 0 Å². The lowest BCUT2D eigenvalue weighted by Crippen LogP contribution is -2.08. The standard InChI is InChI=1S/C8H6N2O3/c11-7-3-1-2-6-9-5(8(12)13)4-10(6)7/h1-4,9H,(H,12,13). The molecule has 2 heterocycles. The molecule has 66 valence electrons. The average Bonchev–Trinajstić information content (AvgIpc) is 2.49. The van der Waals surface area contributed by atoms with Crippen LogP contribution in [-0.4, -0.2) is 20.5 Å². The van der Waals surface area contributed by atoms with Gasteiger partial charge < -0.3 is 10.1 Å². The Balaban J connectivity index is 2.83. The summed E-state index contributed by atoms with van der Waals surface area (Å²) in [6, 6.07) is 4.57. The van der Waals surface area contributed by atoms with Crippen LogP contribution in [0.25, 0.3) is 5.65 Å². The molecular formula is C8H6N2O3. The summed E-state index contributed by atoms with van der Waals surface area (Å²) in [7, 11) is 0. The summed E-state index contributed by atoms with van der Waals surface area (Å²) in [5, 5.41) is 8.63. The van der Waals surface area contributed by atoms with E-state index in [4.69, 9.17) is 5.11 Å². The maximum atomic E-state index is 11.2. The van der Waals surface area contributed by atoms with Gasteiger partial charge in [-0.05, 0) is 6.07 Å². The molecule has 0 saturated carbocycles. The Morgan fingerprint density at radius 3 is 2.85 bits per heavy atom. The van der Waals surface area contributed by atoms with Gasteiger partial charge in [0.15, 0.2) is 0 Å². The highest BCUT2D eigenvalue weighted by Crippen LogP contribution is 2.00. The Morgan fingerprint density at radius 1 is 1.46 bits per heavy atom. The summed E-state index contributed by atoms with van der Waals surface area (Å²) in [6.07, 6.45) is 1.26. The number of imidazole rings is 1. The van der Waals surface area contributed by atoms with Crippen molar-refractivity contribution in [3.05, 3.63) is 40.4 Å². The SMILES string of the molecule is O=C(O)c1cn2c(=O)cccc2[nH]1. The van der Waals surface area contributed by atoms with Crippen molar-refractivity contribution < 1.29 is 9.90 Å². The number of nitrogens with zero attached hydrogens (tertiary/aromatic N) is 1. The van der Waals surface area contributed by atoms with Gasteiger partial charge in [-0.3, -0.25) is 9.20 Å². The molecule has 0 aliphatic rings. The maximum Gasteiger partial charge on any atom is 0.353 e. The minimum absolute atomic E-state index is 0.00306. The Labute approximate surface area is 72.3 Å². The van der Waals surface area contributed by atoms with Crippen LogP contribution in [0.15, 0.2) is 29.2 Å². The summed E-state index contributed by atoms with van der Waals surface area (Å²) in [5.74, 6) is -1.08. The normalized spacial score (nSPS) is 10.5. The third kappa shape index (κ3) is 1.10. The fraction of sp³-hybridized carbons (Fsp3) is 0. The van der Waals surface area contributed by atoms with Gasteiger partial charge in [0, 0.05) is 12.3 Å². The Bertz CT molecular complexity index is 523. The number of fused-ring (bicyclic) bond motifs is 1. The highest BCUT2D eigenvalue weighted by Gasteiger charge is 2.06. The lowest BCUT2D eigenvalue weighted by atomic mass is 10.5. The van der Waals surface area contributed by atoms with E-state index >= 15 is 0 Å². The van der Waals surface area contributed by atoms with E-state index in [0.29, 0.717) is 5.65 Å². The second-order valence-corrected chi connectivity index (χ2v) is 2.59. The summed E-state index contributed by atoms with van der Waals surface area (Å²) >= 11 is 0. The highest BCUT2D eigenvalue weighted by atomic mass is 16.4. The predicted octanol–water partition coefficient (Wildman–Crippen LogP) is 0.326. The minimum atomic E-state index is -1.08. The number of hydrogen-bond donors (Lipinski definition) is 2. The molecule has 5 nitrogen and oxygen atoms in total. The molecule has 0 spiro atoms. The van der Waals surface area contributed by atoms with Crippen LogP contribution in [0.3, 0.4) is 0 Å². The fourth-order valence-electron chi connectivity index (χ4n) is 1.14. The molecule has 0 atom stereocenters. The number of carbonyl (C=O) groups is 1. The van der Waals surface area contributed by atoms with Crippen molar-refractivity contribution in [3.63, 3.8) is 0 Å². The Kier molecular flexibility index (Phi) is 1.45. The summed E-state index contributed by atoms with van der Waals surface area (Å²) in [4.78, 5) is 24.3. The number of aromatic nitrogens is 2. The largest absolute Gasteiger partial charge is 0.477 e. The molecular weight excluding hydrogens is 172 g/mol. The van der Waals surface area contributed by atoms with Crippen molar-refractivity contribution in [1.82, 2.24) is 9.38 Å². The second-order valence-electron chi connectivity index (χ2n) is 2.59. The molecule has 5 heteroatoms. The van der Waals surface area contributed by atoms with Crippen LogP contribution in [0.1, 0.15) is 10.5 Å². The molecule has 0 aliphatic heterocycles. The van der Waals surface area contributed by atoms with E-state index in [0.717, 1.165) is 0 Å². The summed E-state index contributed by atoms with van der Waals surface area (Å²) in [6.45, 7) is 0. The number of aromatic amines is 1. The van der Waals surface area contributed by atoms with E-state index in [1.165, 1.54) is 16.7 Å². The topological polar surface area (TPSA) is 74.6 Å². The van der Waals surface area contributed by atoms with Gasteiger partial charge in [-0.2, -0.15) is 0 Å². The Hall–Kier alpha value is -2.04. The number of rotatable bonds is 1. The first kappa shape index (κ1) is 7.60. The number of nitrogens with one attached hydrogen (secondary N) is 1. The van der Waals surface area contributed by atoms with Gasteiger partial charge >= 0.3 is 5.97 Å². The molecule has 0 bridgehead atoms. The first-order chi connectivity index (χ1) is 6.18. The van der Waals surface area contributed by atoms with Gasteiger partial charge in [0.2, 0.25) is 0 Å². The van der Waals surface area contributed by atoms with Gasteiger partial charge in [-0.1, -0.05) is 6.07 Å². The minimum Gasteiger partial charge on any atom is -0.477 e. The zero-order chi connectivity index (χ0) is 9.42. The van der Waals surface area contributed by atoms with Crippen LogP contribution in [0.2, 0.25) is 0 Å². The number of carboxylic acid groups (broad SMARTS) is 1. The molecule has 0 radical (unpaired) electrons. The fourth-order valence-corrected chi connectivity index (χ4v) is 1.14. The molecule has 2 rings (SSSR count). The molecule has 0 fully saturated rings. The van der Waals surface area contributed by atoms with Crippen molar-refractivity contribution in [2.75, 3.05) is 0 Å². The number of H-pyrrole nitrogens is 1. The van der Waals surface area contributed by atoms with Crippen molar-refractivity contribution in [2.45, 2.75) is 0 Å². The zero-order valence-corrected chi connectivity index (χ0v) is 6.52. The molecule has 2 aromatic rings. The van der Waals surface area contributed by atoms with Crippen LogP contribution in [0, 0.1) is 0 Å². The Morgan fingerprint density at radius 2 is 2.23 bits per heavy atom. The van der Waals surface area contributed by atoms with Crippen LogP contribution in [0.5, 0.6) is 0 Å². The number of aromatic carboxylic acids is 1. The van der Waals surface area contributed by atoms with Gasteiger partial charge in [0.1, 0.15) is 11.3 Å². The number of hydrogen-bond acceptors (Lipinski definition) is 2. The second kappa shape index (κ2) is 2.48. The van der Waals surface area contributed by atoms with Crippen LogP contribution in [0.4, 0.5) is 0 Å². The predicted molar refractivity (Wildman–Crippen MR) is 45.0 cm³/mol. The van der Waals surface area contributed by atoms with Crippen molar-refractivity contribution >= 4 is 11.6 Å². The van der Waals surface area contributed by atoms with Gasteiger partial charge in [0.25, 0.3) is 5.56 Å². The van der Waals surface area contributed by atoms with E-state index < -0.39 is 5.97 Å². The van der Waals surface area contributed by atoms with E-state index in [2.05, 4.69) is 4.98 Å². The molecule has 0 aromatic carbocycles. The molecule has 0 saturated heterocycles. The first-order valence-corrected chi connectivity index (χ1v) is 3.62. The maximum absolute atomic E-state index is 11.2. The number of carboxylic acids is 1. The van der Waals surface area contributed by atoms with E-state index in [9.17, 15) is 9.59 Å². The molecule has 2 aromatic heterocycles. The molecule has 2 N–H and O–H groups in total. The average molecular weight is 178 g/mol. The molecule has 0 aliphatic carbocycles.